The fourth-order valence-corrected chi connectivity index (χ4v) is 2.66. The standard InChI is InChI=1S/C13H18Cl2N2/c14-11-4-3-10(13(15)8-11)5-7-16-9-12-2-1-6-17-12/h3-4,8,12,16-17H,1-2,5-7,9H2. The van der Waals surface area contributed by atoms with Crippen LogP contribution in [-0.4, -0.2) is 25.7 Å². The Kier molecular flexibility index (Phi) is 5.11. The van der Waals surface area contributed by atoms with Gasteiger partial charge in [-0.05, 0) is 50.0 Å². The van der Waals surface area contributed by atoms with Crippen molar-refractivity contribution in [2.45, 2.75) is 25.3 Å². The molecule has 2 N–H and O–H groups in total. The molecule has 0 aliphatic carbocycles. The van der Waals surface area contributed by atoms with Gasteiger partial charge in [-0.25, -0.2) is 0 Å². The second-order valence-corrected chi connectivity index (χ2v) is 5.33. The van der Waals surface area contributed by atoms with Gasteiger partial charge in [-0.15, -0.1) is 0 Å². The summed E-state index contributed by atoms with van der Waals surface area (Å²) in [6.45, 7) is 3.17. The van der Waals surface area contributed by atoms with Crippen LogP contribution in [0.3, 0.4) is 0 Å². The number of hydrogen-bond donors (Lipinski definition) is 2. The Morgan fingerprint density at radius 1 is 1.35 bits per heavy atom. The zero-order valence-corrected chi connectivity index (χ0v) is 11.3. The number of halogens is 2. The van der Waals surface area contributed by atoms with Crippen LogP contribution in [0.5, 0.6) is 0 Å². The lowest BCUT2D eigenvalue weighted by Gasteiger charge is -2.11. The molecule has 1 atom stereocenters. The van der Waals surface area contributed by atoms with E-state index in [1.54, 1.807) is 6.07 Å². The fourth-order valence-electron chi connectivity index (χ4n) is 2.15. The van der Waals surface area contributed by atoms with Crippen LogP contribution in [0, 0.1) is 0 Å². The zero-order chi connectivity index (χ0) is 12.1. The number of hydrogen-bond acceptors (Lipinski definition) is 2. The third kappa shape index (κ3) is 4.14. The first-order valence-corrected chi connectivity index (χ1v) is 6.89. The highest BCUT2D eigenvalue weighted by atomic mass is 35.5. The smallest absolute Gasteiger partial charge is 0.0453 e. The third-order valence-electron chi connectivity index (χ3n) is 3.14. The van der Waals surface area contributed by atoms with Crippen molar-refractivity contribution in [1.82, 2.24) is 10.6 Å². The van der Waals surface area contributed by atoms with Crippen LogP contribution in [0.1, 0.15) is 18.4 Å². The predicted molar refractivity (Wildman–Crippen MR) is 74.1 cm³/mol. The van der Waals surface area contributed by atoms with Crippen molar-refractivity contribution >= 4 is 23.2 Å². The Morgan fingerprint density at radius 2 is 2.24 bits per heavy atom. The van der Waals surface area contributed by atoms with E-state index in [0.717, 1.165) is 36.6 Å². The monoisotopic (exact) mass is 272 g/mol. The lowest BCUT2D eigenvalue weighted by atomic mass is 10.1. The van der Waals surface area contributed by atoms with Crippen LogP contribution in [0.15, 0.2) is 18.2 Å². The quantitative estimate of drug-likeness (QED) is 0.806. The van der Waals surface area contributed by atoms with Gasteiger partial charge in [0.2, 0.25) is 0 Å². The minimum absolute atomic E-state index is 0.649. The topological polar surface area (TPSA) is 24.1 Å². The Balaban J connectivity index is 1.70. The summed E-state index contributed by atoms with van der Waals surface area (Å²) in [5.74, 6) is 0. The fraction of sp³-hybridized carbons (Fsp3) is 0.538. The van der Waals surface area contributed by atoms with Gasteiger partial charge in [0.25, 0.3) is 0 Å². The van der Waals surface area contributed by atoms with Gasteiger partial charge >= 0.3 is 0 Å². The maximum Gasteiger partial charge on any atom is 0.0453 e. The molecule has 1 fully saturated rings. The van der Waals surface area contributed by atoms with Gasteiger partial charge in [0.15, 0.2) is 0 Å². The largest absolute Gasteiger partial charge is 0.315 e. The molecule has 0 aromatic heterocycles. The molecule has 2 rings (SSSR count). The number of nitrogens with one attached hydrogen (secondary N) is 2. The Hall–Kier alpha value is -0.280. The molecule has 1 aromatic rings. The van der Waals surface area contributed by atoms with E-state index in [1.807, 2.05) is 12.1 Å². The van der Waals surface area contributed by atoms with Crippen LogP contribution in [0.4, 0.5) is 0 Å². The first-order valence-electron chi connectivity index (χ1n) is 6.14. The molecule has 1 aliphatic rings. The summed E-state index contributed by atoms with van der Waals surface area (Å²) in [6.07, 6.45) is 3.53. The third-order valence-corrected chi connectivity index (χ3v) is 3.73. The molecule has 1 heterocycles. The van der Waals surface area contributed by atoms with Crippen LogP contribution in [-0.2, 0) is 6.42 Å². The van der Waals surface area contributed by atoms with Crippen LogP contribution in [0.25, 0.3) is 0 Å². The lowest BCUT2D eigenvalue weighted by molar-refractivity contribution is 0.537. The molecule has 0 radical (unpaired) electrons. The van der Waals surface area contributed by atoms with Crippen LogP contribution >= 0.6 is 23.2 Å². The molecule has 0 bridgehead atoms. The van der Waals surface area contributed by atoms with E-state index in [4.69, 9.17) is 23.2 Å². The molecule has 0 spiro atoms. The van der Waals surface area contributed by atoms with Gasteiger partial charge in [-0.1, -0.05) is 29.3 Å². The van der Waals surface area contributed by atoms with Gasteiger partial charge < -0.3 is 10.6 Å². The molecular formula is C13H18Cl2N2. The summed E-state index contributed by atoms with van der Waals surface area (Å²) in [7, 11) is 0. The molecule has 17 heavy (non-hydrogen) atoms. The van der Waals surface area contributed by atoms with Gasteiger partial charge in [0.1, 0.15) is 0 Å². The molecule has 1 aromatic carbocycles. The molecule has 0 saturated carbocycles. The molecule has 1 unspecified atom stereocenters. The number of rotatable bonds is 5. The minimum atomic E-state index is 0.649. The van der Waals surface area contributed by atoms with E-state index in [-0.39, 0.29) is 0 Å². The van der Waals surface area contributed by atoms with Crippen LogP contribution < -0.4 is 10.6 Å². The molecule has 4 heteroatoms. The molecule has 1 aliphatic heterocycles. The SMILES string of the molecule is Clc1ccc(CCNCC2CCCN2)c(Cl)c1. The summed E-state index contributed by atoms with van der Waals surface area (Å²) >= 11 is 12.0. The van der Waals surface area contributed by atoms with Crippen molar-refractivity contribution in [3.05, 3.63) is 33.8 Å². The van der Waals surface area contributed by atoms with E-state index in [0.29, 0.717) is 11.1 Å². The van der Waals surface area contributed by atoms with E-state index in [9.17, 15) is 0 Å². The van der Waals surface area contributed by atoms with Gasteiger partial charge in [0.05, 0.1) is 0 Å². The minimum Gasteiger partial charge on any atom is -0.315 e. The van der Waals surface area contributed by atoms with E-state index < -0.39 is 0 Å². The highest BCUT2D eigenvalue weighted by molar-refractivity contribution is 6.35. The molecule has 2 nitrogen and oxygen atoms in total. The first-order chi connectivity index (χ1) is 8.25. The van der Waals surface area contributed by atoms with Gasteiger partial charge in [-0.3, -0.25) is 0 Å². The summed E-state index contributed by atoms with van der Waals surface area (Å²) in [5.41, 5.74) is 1.16. The molecule has 94 valence electrons. The first kappa shape index (κ1) is 13.2. The van der Waals surface area contributed by atoms with E-state index >= 15 is 0 Å². The van der Waals surface area contributed by atoms with Crippen molar-refractivity contribution in [3.63, 3.8) is 0 Å². The summed E-state index contributed by atoms with van der Waals surface area (Å²) in [5, 5.41) is 8.39. The molecule has 0 amide bonds. The van der Waals surface area contributed by atoms with E-state index in [2.05, 4.69) is 10.6 Å². The normalized spacial score (nSPS) is 19.8. The average Bonchev–Trinajstić information content (AvgIpc) is 2.79. The Morgan fingerprint density at radius 3 is 2.94 bits per heavy atom. The van der Waals surface area contributed by atoms with Gasteiger partial charge in [-0.2, -0.15) is 0 Å². The van der Waals surface area contributed by atoms with E-state index in [1.165, 1.54) is 12.8 Å². The van der Waals surface area contributed by atoms with Crippen molar-refractivity contribution in [3.8, 4) is 0 Å². The molecule has 1 saturated heterocycles. The second-order valence-electron chi connectivity index (χ2n) is 4.48. The maximum atomic E-state index is 6.11. The highest BCUT2D eigenvalue weighted by Gasteiger charge is 2.12. The molecular weight excluding hydrogens is 255 g/mol. The second kappa shape index (κ2) is 6.60. The predicted octanol–water partition coefficient (Wildman–Crippen LogP) is 2.88. The summed E-state index contributed by atoms with van der Waals surface area (Å²) in [4.78, 5) is 0. The lowest BCUT2D eigenvalue weighted by Crippen LogP contribution is -2.34. The summed E-state index contributed by atoms with van der Waals surface area (Å²) in [6, 6.07) is 6.34. The van der Waals surface area contributed by atoms with Gasteiger partial charge in [0, 0.05) is 22.6 Å². The Bertz CT molecular complexity index is 362. The summed E-state index contributed by atoms with van der Waals surface area (Å²) < 4.78 is 0. The van der Waals surface area contributed by atoms with Crippen molar-refractivity contribution in [1.29, 1.82) is 0 Å². The van der Waals surface area contributed by atoms with Crippen molar-refractivity contribution in [2.24, 2.45) is 0 Å². The Labute approximate surface area is 113 Å². The van der Waals surface area contributed by atoms with Crippen LogP contribution in [0.2, 0.25) is 10.0 Å². The number of benzene rings is 1. The highest BCUT2D eigenvalue weighted by Crippen LogP contribution is 2.21. The zero-order valence-electron chi connectivity index (χ0n) is 9.81. The maximum absolute atomic E-state index is 6.11. The van der Waals surface area contributed by atoms with Crippen molar-refractivity contribution < 1.29 is 0 Å². The van der Waals surface area contributed by atoms with Crippen molar-refractivity contribution in [2.75, 3.05) is 19.6 Å². The average molecular weight is 273 g/mol.